The molecule has 2 aromatic rings. The molecule has 8 heteroatoms. The van der Waals surface area contributed by atoms with Crippen LogP contribution in [0.2, 0.25) is 0 Å². The van der Waals surface area contributed by atoms with E-state index < -0.39 is 0 Å². The fourth-order valence-corrected chi connectivity index (χ4v) is 4.09. The van der Waals surface area contributed by atoms with Crippen molar-refractivity contribution in [3.05, 3.63) is 33.7 Å². The zero-order chi connectivity index (χ0) is 15.5. The van der Waals surface area contributed by atoms with Crippen LogP contribution in [0.3, 0.4) is 0 Å². The minimum Gasteiger partial charge on any atom is -0.340 e. The SMILES string of the molecule is NC1CCCN(C(=O)CSCc2cc(=O)n3ccsc3n2)C1. The van der Waals surface area contributed by atoms with Crippen LogP contribution < -0.4 is 11.3 Å². The number of carbonyl (C=O) groups is 1. The first-order chi connectivity index (χ1) is 10.6. The van der Waals surface area contributed by atoms with Gasteiger partial charge in [-0.1, -0.05) is 0 Å². The second-order valence-electron chi connectivity index (χ2n) is 5.38. The minimum atomic E-state index is -0.0739. The van der Waals surface area contributed by atoms with Crippen LogP contribution in [0.4, 0.5) is 0 Å². The Morgan fingerprint density at radius 3 is 3.23 bits per heavy atom. The van der Waals surface area contributed by atoms with Gasteiger partial charge in [-0.3, -0.25) is 14.0 Å². The Kier molecular flexibility index (Phi) is 4.80. The van der Waals surface area contributed by atoms with Crippen molar-refractivity contribution < 1.29 is 4.79 Å². The van der Waals surface area contributed by atoms with Gasteiger partial charge >= 0.3 is 0 Å². The van der Waals surface area contributed by atoms with Crippen molar-refractivity contribution in [2.45, 2.75) is 24.6 Å². The topological polar surface area (TPSA) is 80.7 Å². The van der Waals surface area contributed by atoms with Gasteiger partial charge in [0.05, 0.1) is 11.4 Å². The highest BCUT2D eigenvalue weighted by atomic mass is 32.2. The summed E-state index contributed by atoms with van der Waals surface area (Å²) in [7, 11) is 0. The van der Waals surface area contributed by atoms with Crippen LogP contribution in [0.25, 0.3) is 4.96 Å². The van der Waals surface area contributed by atoms with Crippen molar-refractivity contribution in [1.82, 2.24) is 14.3 Å². The Labute approximate surface area is 136 Å². The van der Waals surface area contributed by atoms with Crippen molar-refractivity contribution in [1.29, 1.82) is 0 Å². The zero-order valence-corrected chi connectivity index (χ0v) is 13.7. The third-order valence-electron chi connectivity index (χ3n) is 3.64. The summed E-state index contributed by atoms with van der Waals surface area (Å²) in [5, 5.41) is 1.84. The molecule has 2 N–H and O–H groups in total. The van der Waals surface area contributed by atoms with E-state index in [2.05, 4.69) is 4.98 Å². The molecular weight excluding hydrogens is 320 g/mol. The number of thioether (sulfide) groups is 1. The van der Waals surface area contributed by atoms with Crippen LogP contribution in [0.15, 0.2) is 22.4 Å². The summed E-state index contributed by atoms with van der Waals surface area (Å²) in [6.07, 6.45) is 3.69. The lowest BCUT2D eigenvalue weighted by Crippen LogP contribution is -2.46. The molecular formula is C14H18N4O2S2. The second kappa shape index (κ2) is 6.80. The molecule has 1 atom stereocenters. The van der Waals surface area contributed by atoms with Gasteiger partial charge < -0.3 is 10.6 Å². The lowest BCUT2D eigenvalue weighted by molar-refractivity contribution is -0.129. The standard InChI is InChI=1S/C14H18N4O2S2/c15-10-2-1-3-17(7-10)13(20)9-21-8-11-6-12(19)18-4-5-22-14(18)16-11/h4-6,10H,1-3,7-9,15H2. The highest BCUT2D eigenvalue weighted by Gasteiger charge is 2.20. The molecule has 1 aliphatic heterocycles. The molecule has 0 saturated carbocycles. The molecule has 0 bridgehead atoms. The molecule has 3 rings (SSSR count). The Hall–Kier alpha value is -1.38. The molecule has 1 aliphatic rings. The van der Waals surface area contributed by atoms with Gasteiger partial charge in [0.1, 0.15) is 0 Å². The number of nitrogens with two attached hydrogens (primary N) is 1. The second-order valence-corrected chi connectivity index (χ2v) is 7.23. The number of nitrogens with zero attached hydrogens (tertiary/aromatic N) is 3. The minimum absolute atomic E-state index is 0.0739. The number of fused-ring (bicyclic) bond motifs is 1. The van der Waals surface area contributed by atoms with E-state index in [-0.39, 0.29) is 17.5 Å². The fourth-order valence-electron chi connectivity index (χ4n) is 2.53. The van der Waals surface area contributed by atoms with E-state index >= 15 is 0 Å². The lowest BCUT2D eigenvalue weighted by Gasteiger charge is -2.30. The molecule has 1 fully saturated rings. The smallest absolute Gasteiger partial charge is 0.258 e. The molecule has 0 aliphatic carbocycles. The largest absolute Gasteiger partial charge is 0.340 e. The van der Waals surface area contributed by atoms with Gasteiger partial charge in [-0.05, 0) is 12.8 Å². The van der Waals surface area contributed by atoms with Crippen molar-refractivity contribution in [3.8, 4) is 0 Å². The number of carbonyl (C=O) groups excluding carboxylic acids is 1. The molecule has 0 aromatic carbocycles. The third-order valence-corrected chi connectivity index (χ3v) is 5.35. The Bertz CT molecular complexity index is 727. The molecule has 3 heterocycles. The van der Waals surface area contributed by atoms with E-state index in [1.54, 1.807) is 6.20 Å². The molecule has 1 amide bonds. The van der Waals surface area contributed by atoms with Crippen molar-refractivity contribution in [3.63, 3.8) is 0 Å². The highest BCUT2D eigenvalue weighted by molar-refractivity contribution is 7.99. The third kappa shape index (κ3) is 3.50. The van der Waals surface area contributed by atoms with Crippen LogP contribution in [-0.2, 0) is 10.5 Å². The average Bonchev–Trinajstić information content (AvgIpc) is 2.96. The Balaban J connectivity index is 1.55. The molecule has 22 heavy (non-hydrogen) atoms. The van der Waals surface area contributed by atoms with Gasteiger partial charge in [-0.25, -0.2) is 4.98 Å². The van der Waals surface area contributed by atoms with Gasteiger partial charge in [0.15, 0.2) is 4.96 Å². The average molecular weight is 338 g/mol. The number of amides is 1. The summed E-state index contributed by atoms with van der Waals surface area (Å²) in [4.78, 5) is 31.0. The number of thiazole rings is 1. The monoisotopic (exact) mass is 338 g/mol. The van der Waals surface area contributed by atoms with Crippen LogP contribution in [0, 0.1) is 0 Å². The van der Waals surface area contributed by atoms with E-state index in [0.717, 1.165) is 25.1 Å². The van der Waals surface area contributed by atoms with E-state index in [0.29, 0.717) is 23.0 Å². The molecule has 0 radical (unpaired) electrons. The normalized spacial score (nSPS) is 18.8. The quantitative estimate of drug-likeness (QED) is 0.897. The molecule has 2 aromatic heterocycles. The first kappa shape index (κ1) is 15.5. The van der Waals surface area contributed by atoms with Crippen molar-refractivity contribution in [2.75, 3.05) is 18.8 Å². The summed E-state index contributed by atoms with van der Waals surface area (Å²) >= 11 is 2.92. The predicted molar refractivity (Wildman–Crippen MR) is 89.3 cm³/mol. The van der Waals surface area contributed by atoms with Crippen LogP contribution in [-0.4, -0.2) is 45.1 Å². The maximum atomic E-state index is 12.1. The summed E-state index contributed by atoms with van der Waals surface area (Å²) < 4.78 is 1.53. The maximum Gasteiger partial charge on any atom is 0.258 e. The van der Waals surface area contributed by atoms with E-state index in [1.807, 2.05) is 10.3 Å². The number of likely N-dealkylation sites (tertiary alicyclic amines) is 1. The van der Waals surface area contributed by atoms with Gasteiger partial charge in [0.2, 0.25) is 5.91 Å². The zero-order valence-electron chi connectivity index (χ0n) is 12.1. The first-order valence-electron chi connectivity index (χ1n) is 7.20. The molecule has 1 saturated heterocycles. The summed E-state index contributed by atoms with van der Waals surface area (Å²) in [5.41, 5.74) is 6.54. The molecule has 1 unspecified atom stereocenters. The molecule has 118 valence electrons. The number of aromatic nitrogens is 2. The van der Waals surface area contributed by atoms with E-state index in [1.165, 1.54) is 33.6 Å². The predicted octanol–water partition coefficient (Wildman–Crippen LogP) is 0.939. The van der Waals surface area contributed by atoms with Gasteiger partial charge in [-0.2, -0.15) is 0 Å². The van der Waals surface area contributed by atoms with Crippen LogP contribution in [0.1, 0.15) is 18.5 Å². The number of hydrogen-bond acceptors (Lipinski definition) is 6. The van der Waals surface area contributed by atoms with Crippen molar-refractivity contribution in [2.24, 2.45) is 5.73 Å². The summed E-state index contributed by atoms with van der Waals surface area (Å²) in [6, 6.07) is 1.64. The Morgan fingerprint density at radius 2 is 2.41 bits per heavy atom. The van der Waals surface area contributed by atoms with Crippen LogP contribution >= 0.6 is 23.1 Å². The van der Waals surface area contributed by atoms with Crippen LogP contribution in [0.5, 0.6) is 0 Å². The van der Waals surface area contributed by atoms with Gasteiger partial charge in [-0.15, -0.1) is 23.1 Å². The highest BCUT2D eigenvalue weighted by Crippen LogP contribution is 2.15. The molecule has 0 spiro atoms. The summed E-state index contributed by atoms with van der Waals surface area (Å²) in [6.45, 7) is 1.45. The van der Waals surface area contributed by atoms with E-state index in [9.17, 15) is 9.59 Å². The number of piperidine rings is 1. The summed E-state index contributed by atoms with van der Waals surface area (Å²) in [5.74, 6) is 1.09. The number of hydrogen-bond donors (Lipinski definition) is 1. The van der Waals surface area contributed by atoms with Gasteiger partial charge in [0.25, 0.3) is 5.56 Å². The van der Waals surface area contributed by atoms with E-state index in [4.69, 9.17) is 5.73 Å². The number of rotatable bonds is 4. The van der Waals surface area contributed by atoms with Crippen molar-refractivity contribution >= 4 is 34.0 Å². The molecule has 6 nitrogen and oxygen atoms in total. The Morgan fingerprint density at radius 1 is 1.55 bits per heavy atom. The fraction of sp³-hybridized carbons (Fsp3) is 0.500. The first-order valence-corrected chi connectivity index (χ1v) is 9.24. The lowest BCUT2D eigenvalue weighted by atomic mass is 10.1. The van der Waals surface area contributed by atoms with Gasteiger partial charge in [0, 0.05) is 42.5 Å². The maximum absolute atomic E-state index is 12.1.